The van der Waals surface area contributed by atoms with Gasteiger partial charge in [0.25, 0.3) is 0 Å². The van der Waals surface area contributed by atoms with Gasteiger partial charge in [-0.3, -0.25) is 14.1 Å². The van der Waals surface area contributed by atoms with Gasteiger partial charge in [-0.2, -0.15) is 0 Å². The molecule has 1 aliphatic heterocycles. The second kappa shape index (κ2) is 6.20. The highest BCUT2D eigenvalue weighted by atomic mass is 35.5. The van der Waals surface area contributed by atoms with E-state index in [-0.39, 0.29) is 5.92 Å². The standard InChI is InChI=1S/C17H16ClN3O2S/c18-13-3-1-11(2-4-13)15-14(21-7-8-24-17(21)19-15)10-20-6-5-12(9-20)16(22)23/h1-4,7-8,12H,5-6,9-10H2,(H,22,23). The number of rotatable bonds is 4. The minimum absolute atomic E-state index is 0.269. The van der Waals surface area contributed by atoms with Crippen molar-refractivity contribution in [2.45, 2.75) is 13.0 Å². The molecule has 1 saturated heterocycles. The summed E-state index contributed by atoms with van der Waals surface area (Å²) < 4.78 is 2.10. The van der Waals surface area contributed by atoms with Gasteiger partial charge in [0, 0.05) is 35.3 Å². The first-order chi connectivity index (χ1) is 11.6. The van der Waals surface area contributed by atoms with Crippen LogP contribution in [0.4, 0.5) is 0 Å². The second-order valence-corrected chi connectivity index (χ2v) is 7.34. The smallest absolute Gasteiger partial charge is 0.307 e. The number of benzene rings is 1. The summed E-state index contributed by atoms with van der Waals surface area (Å²) >= 11 is 7.59. The van der Waals surface area contributed by atoms with Crippen LogP contribution in [0.3, 0.4) is 0 Å². The van der Waals surface area contributed by atoms with Crippen LogP contribution in [-0.2, 0) is 11.3 Å². The van der Waals surface area contributed by atoms with E-state index in [9.17, 15) is 9.90 Å². The maximum atomic E-state index is 11.2. The molecule has 1 atom stereocenters. The Hall–Kier alpha value is -1.89. The van der Waals surface area contributed by atoms with E-state index in [0.29, 0.717) is 24.5 Å². The zero-order valence-electron chi connectivity index (χ0n) is 12.9. The molecule has 124 valence electrons. The highest BCUT2D eigenvalue weighted by Crippen LogP contribution is 2.30. The molecule has 3 aromatic rings. The maximum Gasteiger partial charge on any atom is 0.307 e. The van der Waals surface area contributed by atoms with Gasteiger partial charge in [-0.15, -0.1) is 11.3 Å². The molecule has 0 amide bonds. The Kier molecular flexibility index (Phi) is 4.04. The highest BCUT2D eigenvalue weighted by Gasteiger charge is 2.29. The van der Waals surface area contributed by atoms with Crippen molar-refractivity contribution in [1.29, 1.82) is 0 Å². The van der Waals surface area contributed by atoms with Crippen LogP contribution < -0.4 is 0 Å². The molecule has 0 saturated carbocycles. The van der Waals surface area contributed by atoms with Gasteiger partial charge in [0.1, 0.15) is 0 Å². The summed E-state index contributed by atoms with van der Waals surface area (Å²) in [5, 5.41) is 11.9. The lowest BCUT2D eigenvalue weighted by Gasteiger charge is -2.15. The van der Waals surface area contributed by atoms with E-state index in [0.717, 1.165) is 28.5 Å². The number of imidazole rings is 1. The van der Waals surface area contributed by atoms with Gasteiger partial charge in [0.2, 0.25) is 0 Å². The second-order valence-electron chi connectivity index (χ2n) is 6.03. The summed E-state index contributed by atoms with van der Waals surface area (Å²) in [5.74, 6) is -0.973. The van der Waals surface area contributed by atoms with Crippen molar-refractivity contribution in [2.75, 3.05) is 13.1 Å². The summed E-state index contributed by atoms with van der Waals surface area (Å²) in [4.78, 5) is 19.1. The largest absolute Gasteiger partial charge is 0.481 e. The third-order valence-electron chi connectivity index (χ3n) is 4.47. The lowest BCUT2D eigenvalue weighted by molar-refractivity contribution is -0.141. The van der Waals surface area contributed by atoms with Gasteiger partial charge in [-0.1, -0.05) is 23.7 Å². The Morgan fingerprint density at radius 2 is 2.17 bits per heavy atom. The molecule has 1 aliphatic rings. The average Bonchev–Trinajstić information content (AvgIpc) is 3.26. The number of carbonyl (C=O) groups is 1. The number of carboxylic acids is 1. The first-order valence-electron chi connectivity index (χ1n) is 7.77. The summed E-state index contributed by atoms with van der Waals surface area (Å²) in [7, 11) is 0. The van der Waals surface area contributed by atoms with Gasteiger partial charge >= 0.3 is 5.97 Å². The molecule has 4 rings (SSSR count). The number of hydrogen-bond acceptors (Lipinski definition) is 4. The lowest BCUT2D eigenvalue weighted by Crippen LogP contribution is -2.23. The van der Waals surface area contributed by atoms with Crippen LogP contribution >= 0.6 is 22.9 Å². The Balaban J connectivity index is 1.68. The maximum absolute atomic E-state index is 11.2. The van der Waals surface area contributed by atoms with E-state index >= 15 is 0 Å². The highest BCUT2D eigenvalue weighted by molar-refractivity contribution is 7.15. The average molecular weight is 362 g/mol. The van der Waals surface area contributed by atoms with E-state index in [4.69, 9.17) is 16.6 Å². The quantitative estimate of drug-likeness (QED) is 0.771. The van der Waals surface area contributed by atoms with Crippen LogP contribution in [0.1, 0.15) is 12.1 Å². The number of likely N-dealkylation sites (tertiary alicyclic amines) is 1. The fourth-order valence-electron chi connectivity index (χ4n) is 3.21. The van der Waals surface area contributed by atoms with E-state index in [1.165, 1.54) is 0 Å². The fraction of sp³-hybridized carbons (Fsp3) is 0.294. The first kappa shape index (κ1) is 15.6. The van der Waals surface area contributed by atoms with Crippen molar-refractivity contribution in [3.05, 3.63) is 46.6 Å². The lowest BCUT2D eigenvalue weighted by atomic mass is 10.1. The molecule has 0 spiro atoms. The zero-order valence-corrected chi connectivity index (χ0v) is 14.4. The third kappa shape index (κ3) is 2.81. The molecule has 5 nitrogen and oxygen atoms in total. The van der Waals surface area contributed by atoms with Crippen molar-refractivity contribution in [3.8, 4) is 11.3 Å². The summed E-state index contributed by atoms with van der Waals surface area (Å²) in [6, 6.07) is 7.68. The number of fused-ring (bicyclic) bond motifs is 1. The third-order valence-corrected chi connectivity index (χ3v) is 5.48. The van der Waals surface area contributed by atoms with Crippen LogP contribution in [-0.4, -0.2) is 38.4 Å². The van der Waals surface area contributed by atoms with Crippen LogP contribution in [0.15, 0.2) is 35.8 Å². The zero-order chi connectivity index (χ0) is 16.7. The molecule has 0 radical (unpaired) electrons. The number of halogens is 1. The number of hydrogen-bond donors (Lipinski definition) is 1. The molecule has 1 N–H and O–H groups in total. The molecule has 0 bridgehead atoms. The Morgan fingerprint density at radius 1 is 1.38 bits per heavy atom. The molecular weight excluding hydrogens is 346 g/mol. The van der Waals surface area contributed by atoms with Crippen molar-refractivity contribution in [3.63, 3.8) is 0 Å². The molecular formula is C17H16ClN3O2S. The molecule has 1 unspecified atom stereocenters. The number of aromatic nitrogens is 2. The van der Waals surface area contributed by atoms with Gasteiger partial charge in [0.15, 0.2) is 4.96 Å². The molecule has 1 fully saturated rings. The number of nitrogens with zero attached hydrogens (tertiary/aromatic N) is 3. The van der Waals surface area contributed by atoms with E-state index in [2.05, 4.69) is 9.30 Å². The molecule has 2 aromatic heterocycles. The van der Waals surface area contributed by atoms with Gasteiger partial charge in [-0.05, 0) is 25.1 Å². The number of carboxylic acid groups (broad SMARTS) is 1. The predicted molar refractivity (Wildman–Crippen MR) is 94.5 cm³/mol. The molecule has 24 heavy (non-hydrogen) atoms. The Labute approximate surface area is 148 Å². The van der Waals surface area contributed by atoms with Crippen LogP contribution in [0, 0.1) is 5.92 Å². The topological polar surface area (TPSA) is 57.8 Å². The van der Waals surface area contributed by atoms with Crippen LogP contribution in [0.5, 0.6) is 0 Å². The van der Waals surface area contributed by atoms with Crippen molar-refractivity contribution >= 4 is 33.9 Å². The van der Waals surface area contributed by atoms with Crippen molar-refractivity contribution in [2.24, 2.45) is 5.92 Å². The summed E-state index contributed by atoms with van der Waals surface area (Å²) in [5.41, 5.74) is 3.07. The van der Waals surface area contributed by atoms with E-state index in [1.54, 1.807) is 11.3 Å². The Morgan fingerprint density at radius 3 is 2.88 bits per heavy atom. The minimum Gasteiger partial charge on any atom is -0.481 e. The minimum atomic E-state index is -0.704. The van der Waals surface area contributed by atoms with E-state index < -0.39 is 5.97 Å². The molecule has 0 aliphatic carbocycles. The van der Waals surface area contributed by atoms with Crippen LogP contribution in [0.2, 0.25) is 5.02 Å². The SMILES string of the molecule is O=C(O)C1CCN(Cc2c(-c3ccc(Cl)cc3)nc3sccn23)C1. The monoisotopic (exact) mass is 361 g/mol. The van der Waals surface area contributed by atoms with Crippen molar-refractivity contribution < 1.29 is 9.90 Å². The molecule has 3 heterocycles. The first-order valence-corrected chi connectivity index (χ1v) is 9.03. The van der Waals surface area contributed by atoms with Gasteiger partial charge < -0.3 is 5.11 Å². The normalized spacial score (nSPS) is 18.5. The molecule has 7 heteroatoms. The Bertz CT molecular complexity index is 887. The summed E-state index contributed by atoms with van der Waals surface area (Å²) in [6.45, 7) is 2.08. The van der Waals surface area contributed by atoms with Crippen molar-refractivity contribution in [1.82, 2.24) is 14.3 Å². The number of aliphatic carboxylic acids is 1. The van der Waals surface area contributed by atoms with Crippen LogP contribution in [0.25, 0.3) is 16.2 Å². The summed E-state index contributed by atoms with van der Waals surface area (Å²) in [6.07, 6.45) is 2.73. The fourth-order valence-corrected chi connectivity index (χ4v) is 4.07. The predicted octanol–water partition coefficient (Wildman–Crippen LogP) is 3.62. The van der Waals surface area contributed by atoms with Gasteiger partial charge in [0.05, 0.1) is 17.3 Å². The molecule has 1 aromatic carbocycles. The number of thiazole rings is 1. The van der Waals surface area contributed by atoms with E-state index in [1.807, 2.05) is 35.8 Å². The van der Waals surface area contributed by atoms with Gasteiger partial charge in [-0.25, -0.2) is 4.98 Å².